The zero-order valence-electron chi connectivity index (χ0n) is 11.1. The minimum Gasteiger partial charge on any atom is -0.309 e. The smallest absolute Gasteiger partial charge is 0.0669 e. The first-order valence-corrected chi connectivity index (χ1v) is 7.04. The van der Waals surface area contributed by atoms with Crippen molar-refractivity contribution in [3.63, 3.8) is 0 Å². The molecule has 0 amide bonds. The third-order valence-electron chi connectivity index (χ3n) is 2.89. The topological polar surface area (TPSA) is 37.8 Å². The predicted molar refractivity (Wildman–Crippen MR) is 75.9 cm³/mol. The van der Waals surface area contributed by atoms with Gasteiger partial charge in [-0.3, -0.25) is 0 Å². The molecule has 0 aliphatic carbocycles. The van der Waals surface area contributed by atoms with Gasteiger partial charge >= 0.3 is 0 Å². The second-order valence-electron chi connectivity index (χ2n) is 4.63. The number of nitrogens with one attached hydrogen (secondary N) is 1. The Labute approximate surface area is 112 Å². The highest BCUT2D eigenvalue weighted by atomic mass is 32.1. The van der Waals surface area contributed by atoms with Crippen molar-refractivity contribution in [2.75, 3.05) is 6.54 Å². The lowest BCUT2D eigenvalue weighted by molar-refractivity contribution is 0.557. The van der Waals surface area contributed by atoms with Crippen molar-refractivity contribution in [3.8, 4) is 0 Å². The summed E-state index contributed by atoms with van der Waals surface area (Å²) in [6, 6.07) is 7.04. The van der Waals surface area contributed by atoms with E-state index in [1.807, 2.05) is 6.20 Å². The summed E-state index contributed by atoms with van der Waals surface area (Å²) in [4.78, 5) is 1.20. The molecule has 1 atom stereocenters. The van der Waals surface area contributed by atoms with Gasteiger partial charge in [0.25, 0.3) is 0 Å². The van der Waals surface area contributed by atoms with Crippen LogP contribution in [-0.2, 0) is 6.42 Å². The van der Waals surface area contributed by atoms with E-state index in [1.165, 1.54) is 33.1 Å². The van der Waals surface area contributed by atoms with Gasteiger partial charge in [0.15, 0.2) is 0 Å². The number of hydrogen-bond donors (Lipinski definition) is 1. The highest BCUT2D eigenvalue weighted by molar-refractivity contribution is 7.05. The van der Waals surface area contributed by atoms with E-state index >= 15 is 0 Å². The highest BCUT2D eigenvalue weighted by Gasteiger charge is 2.13. The summed E-state index contributed by atoms with van der Waals surface area (Å²) in [6.45, 7) is 7.37. The van der Waals surface area contributed by atoms with E-state index in [0.29, 0.717) is 6.04 Å². The minimum absolute atomic E-state index is 0.316. The fraction of sp³-hybridized carbons (Fsp3) is 0.429. The lowest BCUT2D eigenvalue weighted by Crippen LogP contribution is -2.22. The van der Waals surface area contributed by atoms with E-state index in [9.17, 15) is 0 Å². The molecule has 0 saturated carbocycles. The molecular weight excluding hydrogens is 242 g/mol. The van der Waals surface area contributed by atoms with Gasteiger partial charge in [0.2, 0.25) is 0 Å². The summed E-state index contributed by atoms with van der Waals surface area (Å²) >= 11 is 1.48. The molecule has 3 nitrogen and oxygen atoms in total. The lowest BCUT2D eigenvalue weighted by Gasteiger charge is -2.16. The SMILES string of the molecule is CCNC(Cc1cc(C)cc(C)c1)c1cnns1. The van der Waals surface area contributed by atoms with Gasteiger partial charge in [-0.2, -0.15) is 0 Å². The predicted octanol–water partition coefficient (Wildman–Crippen LogP) is 3.05. The molecular formula is C14H19N3S. The average molecular weight is 261 g/mol. The van der Waals surface area contributed by atoms with Crippen LogP contribution in [0.2, 0.25) is 0 Å². The van der Waals surface area contributed by atoms with E-state index in [-0.39, 0.29) is 0 Å². The Morgan fingerprint density at radius 3 is 2.50 bits per heavy atom. The first kappa shape index (κ1) is 13.2. The molecule has 1 aromatic heterocycles. The largest absolute Gasteiger partial charge is 0.309 e. The Balaban J connectivity index is 2.18. The Morgan fingerprint density at radius 1 is 1.22 bits per heavy atom. The molecule has 0 fully saturated rings. The van der Waals surface area contributed by atoms with Crippen LogP contribution in [-0.4, -0.2) is 16.1 Å². The Morgan fingerprint density at radius 2 is 1.94 bits per heavy atom. The first-order chi connectivity index (χ1) is 8.69. The van der Waals surface area contributed by atoms with Gasteiger partial charge in [0.05, 0.1) is 11.1 Å². The van der Waals surface area contributed by atoms with Crippen LogP contribution in [0, 0.1) is 13.8 Å². The average Bonchev–Trinajstić information content (AvgIpc) is 2.80. The van der Waals surface area contributed by atoms with Crippen LogP contribution < -0.4 is 5.32 Å². The van der Waals surface area contributed by atoms with Crippen LogP contribution in [0.4, 0.5) is 0 Å². The number of aryl methyl sites for hydroxylation is 2. The van der Waals surface area contributed by atoms with Gasteiger partial charge < -0.3 is 5.32 Å². The van der Waals surface area contributed by atoms with Crippen molar-refractivity contribution >= 4 is 11.5 Å². The molecule has 2 aromatic rings. The number of hydrogen-bond acceptors (Lipinski definition) is 4. The summed E-state index contributed by atoms with van der Waals surface area (Å²) < 4.78 is 3.95. The number of benzene rings is 1. The molecule has 0 aliphatic rings. The third kappa shape index (κ3) is 3.37. The van der Waals surface area contributed by atoms with Crippen molar-refractivity contribution in [1.82, 2.24) is 14.9 Å². The van der Waals surface area contributed by atoms with Gasteiger partial charge in [0, 0.05) is 6.04 Å². The van der Waals surface area contributed by atoms with E-state index in [4.69, 9.17) is 0 Å². The van der Waals surface area contributed by atoms with Gasteiger partial charge in [-0.05, 0) is 43.9 Å². The van der Waals surface area contributed by atoms with E-state index in [0.717, 1.165) is 13.0 Å². The first-order valence-electron chi connectivity index (χ1n) is 6.27. The summed E-state index contributed by atoms with van der Waals surface area (Å²) in [5.74, 6) is 0. The molecule has 0 saturated heterocycles. The maximum Gasteiger partial charge on any atom is 0.0669 e. The van der Waals surface area contributed by atoms with Crippen LogP contribution >= 0.6 is 11.5 Å². The number of nitrogens with zero attached hydrogens (tertiary/aromatic N) is 2. The van der Waals surface area contributed by atoms with Crippen molar-refractivity contribution in [3.05, 3.63) is 46.0 Å². The summed E-state index contributed by atoms with van der Waals surface area (Å²) in [7, 11) is 0. The van der Waals surface area contributed by atoms with Crippen LogP contribution in [0.15, 0.2) is 24.4 Å². The molecule has 1 unspecified atom stereocenters. The minimum atomic E-state index is 0.316. The molecule has 4 heteroatoms. The molecule has 0 aliphatic heterocycles. The monoisotopic (exact) mass is 261 g/mol. The number of aromatic nitrogens is 2. The van der Waals surface area contributed by atoms with Crippen molar-refractivity contribution < 1.29 is 0 Å². The Hall–Kier alpha value is -1.26. The Kier molecular flexibility index (Phi) is 4.44. The van der Waals surface area contributed by atoms with E-state index < -0.39 is 0 Å². The molecule has 1 N–H and O–H groups in total. The quantitative estimate of drug-likeness (QED) is 0.899. The molecule has 1 heterocycles. The second-order valence-corrected chi connectivity index (χ2v) is 5.45. The molecule has 0 radical (unpaired) electrons. The number of rotatable bonds is 5. The molecule has 18 heavy (non-hydrogen) atoms. The highest BCUT2D eigenvalue weighted by Crippen LogP contribution is 2.21. The van der Waals surface area contributed by atoms with Crippen molar-refractivity contribution in [2.24, 2.45) is 0 Å². The van der Waals surface area contributed by atoms with Crippen LogP contribution in [0.1, 0.15) is 34.5 Å². The van der Waals surface area contributed by atoms with Crippen LogP contribution in [0.3, 0.4) is 0 Å². The van der Waals surface area contributed by atoms with Gasteiger partial charge in [0.1, 0.15) is 0 Å². The standard InChI is InChI=1S/C14H19N3S/c1-4-15-13(14-9-16-17-18-14)8-12-6-10(2)5-11(3)7-12/h5-7,9,13,15H,4,8H2,1-3H3. The van der Waals surface area contributed by atoms with E-state index in [1.54, 1.807) is 0 Å². The van der Waals surface area contributed by atoms with Crippen LogP contribution in [0.5, 0.6) is 0 Å². The van der Waals surface area contributed by atoms with Crippen molar-refractivity contribution in [2.45, 2.75) is 33.2 Å². The normalized spacial score (nSPS) is 12.6. The zero-order chi connectivity index (χ0) is 13.0. The second kappa shape index (κ2) is 6.07. The molecule has 96 valence electrons. The summed E-state index contributed by atoms with van der Waals surface area (Å²) in [6.07, 6.45) is 2.85. The molecule has 1 aromatic carbocycles. The van der Waals surface area contributed by atoms with Gasteiger partial charge in [-0.25, -0.2) is 0 Å². The maximum atomic E-state index is 3.95. The number of likely N-dealkylation sites (N-methyl/N-ethyl adjacent to an activating group) is 1. The summed E-state index contributed by atoms with van der Waals surface area (Å²) in [5.41, 5.74) is 4.01. The molecule has 2 rings (SSSR count). The third-order valence-corrected chi connectivity index (χ3v) is 3.67. The molecule has 0 bridgehead atoms. The summed E-state index contributed by atoms with van der Waals surface area (Å²) in [5, 5.41) is 7.43. The Bertz CT molecular complexity index is 473. The maximum absolute atomic E-state index is 3.95. The van der Waals surface area contributed by atoms with Crippen LogP contribution in [0.25, 0.3) is 0 Å². The molecule has 0 spiro atoms. The fourth-order valence-corrected chi connectivity index (χ4v) is 2.85. The van der Waals surface area contributed by atoms with Gasteiger partial charge in [-0.1, -0.05) is 40.7 Å². The lowest BCUT2D eigenvalue weighted by atomic mass is 10.0. The fourth-order valence-electron chi connectivity index (χ4n) is 2.27. The zero-order valence-corrected chi connectivity index (χ0v) is 11.9. The van der Waals surface area contributed by atoms with Crippen molar-refractivity contribution in [1.29, 1.82) is 0 Å². The van der Waals surface area contributed by atoms with Gasteiger partial charge in [-0.15, -0.1) is 5.10 Å². The van der Waals surface area contributed by atoms with E-state index in [2.05, 4.69) is 53.9 Å².